The predicted octanol–water partition coefficient (Wildman–Crippen LogP) is 5.94. The third-order valence-electron chi connectivity index (χ3n) is 5.26. The molecule has 0 N–H and O–H groups in total. The molecule has 33 heavy (non-hydrogen) atoms. The summed E-state index contributed by atoms with van der Waals surface area (Å²) in [5, 5.41) is 1.51. The van der Waals surface area contributed by atoms with Crippen LogP contribution in [0.3, 0.4) is 0 Å². The van der Waals surface area contributed by atoms with E-state index in [4.69, 9.17) is 21.3 Å². The highest BCUT2D eigenvalue weighted by molar-refractivity contribution is 7.99. The maximum Gasteiger partial charge on any atom is 0.229 e. The number of hydrogen-bond acceptors (Lipinski definition) is 7. The summed E-state index contributed by atoms with van der Waals surface area (Å²) < 4.78 is 6.58. The van der Waals surface area contributed by atoms with Crippen molar-refractivity contribution < 1.29 is 9.53 Å². The third-order valence-corrected chi connectivity index (χ3v) is 8.34. The van der Waals surface area contributed by atoms with Gasteiger partial charge in [0.2, 0.25) is 5.91 Å². The van der Waals surface area contributed by atoms with Crippen LogP contribution in [0.15, 0.2) is 52.3 Å². The largest absolute Gasteiger partial charge is 0.379 e. The number of nitrogens with zero attached hydrogens (tertiary/aromatic N) is 3. The number of amides is 1. The zero-order chi connectivity index (χ0) is 22.3. The average Bonchev–Trinajstić information content (AvgIpc) is 3.25. The highest BCUT2D eigenvalue weighted by Gasteiger charge is 2.22. The van der Waals surface area contributed by atoms with Gasteiger partial charge in [-0.15, -0.1) is 35.9 Å². The maximum absolute atomic E-state index is 13.3. The Balaban J connectivity index is 0.00000306. The van der Waals surface area contributed by atoms with Crippen LogP contribution in [-0.4, -0.2) is 67.2 Å². The molecule has 0 spiro atoms. The summed E-state index contributed by atoms with van der Waals surface area (Å²) in [4.78, 5) is 24.7. The van der Waals surface area contributed by atoms with Crippen molar-refractivity contribution in [1.82, 2.24) is 9.88 Å². The smallest absolute Gasteiger partial charge is 0.229 e. The molecule has 0 bridgehead atoms. The molecule has 1 saturated heterocycles. The number of ether oxygens (including phenoxy) is 1. The number of halogens is 2. The SMILES string of the molecule is CSc1cccc2sc(N(CCN3CCOCC3)C(=O)CCSc3ccc(Cl)cc3)nc12.Cl. The monoisotopic (exact) mass is 543 g/mol. The fraction of sp³-hybridized carbons (Fsp3) is 0.391. The number of morpholine rings is 1. The fourth-order valence-electron chi connectivity index (χ4n) is 3.51. The molecule has 0 radical (unpaired) electrons. The van der Waals surface area contributed by atoms with Gasteiger partial charge in [0, 0.05) is 53.2 Å². The van der Waals surface area contributed by atoms with E-state index in [2.05, 4.69) is 29.4 Å². The Morgan fingerprint density at radius 2 is 1.97 bits per heavy atom. The average molecular weight is 545 g/mol. The highest BCUT2D eigenvalue weighted by atomic mass is 35.5. The Hall–Kier alpha value is -1.00. The molecule has 1 aliphatic rings. The van der Waals surface area contributed by atoms with Crippen molar-refractivity contribution in [1.29, 1.82) is 0 Å². The van der Waals surface area contributed by atoms with Crippen LogP contribution in [-0.2, 0) is 9.53 Å². The number of carbonyl (C=O) groups excluding carboxylic acids is 1. The summed E-state index contributed by atoms with van der Waals surface area (Å²) in [6.07, 6.45) is 2.52. The molecule has 1 fully saturated rings. The minimum atomic E-state index is 0. The third kappa shape index (κ3) is 7.24. The number of para-hydroxylation sites is 1. The highest BCUT2D eigenvalue weighted by Crippen LogP contribution is 2.34. The van der Waals surface area contributed by atoms with Crippen molar-refractivity contribution in [2.45, 2.75) is 16.2 Å². The summed E-state index contributed by atoms with van der Waals surface area (Å²) in [6.45, 7) is 4.78. The second kappa shape index (κ2) is 13.2. The molecule has 1 aliphatic heterocycles. The van der Waals surface area contributed by atoms with Gasteiger partial charge in [0.05, 0.1) is 23.4 Å². The molecule has 0 aliphatic carbocycles. The number of thioether (sulfide) groups is 2. The van der Waals surface area contributed by atoms with Crippen LogP contribution in [0.25, 0.3) is 10.2 Å². The van der Waals surface area contributed by atoms with Crippen molar-refractivity contribution >= 4 is 80.1 Å². The van der Waals surface area contributed by atoms with Crippen molar-refractivity contribution in [3.8, 4) is 0 Å². The fourth-order valence-corrected chi connectivity index (χ4v) is 6.14. The van der Waals surface area contributed by atoms with Gasteiger partial charge in [-0.1, -0.05) is 29.0 Å². The lowest BCUT2D eigenvalue weighted by molar-refractivity contribution is -0.118. The van der Waals surface area contributed by atoms with E-state index in [0.717, 1.165) is 68.8 Å². The van der Waals surface area contributed by atoms with E-state index in [-0.39, 0.29) is 18.3 Å². The number of hydrogen-bond donors (Lipinski definition) is 0. The Morgan fingerprint density at radius 3 is 2.70 bits per heavy atom. The first-order chi connectivity index (χ1) is 15.6. The summed E-state index contributed by atoms with van der Waals surface area (Å²) >= 11 is 10.9. The lowest BCUT2D eigenvalue weighted by atomic mass is 10.3. The van der Waals surface area contributed by atoms with Gasteiger partial charge in [0.1, 0.15) is 0 Å². The van der Waals surface area contributed by atoms with E-state index >= 15 is 0 Å². The van der Waals surface area contributed by atoms with Crippen LogP contribution < -0.4 is 4.90 Å². The molecule has 1 aromatic heterocycles. The van der Waals surface area contributed by atoms with E-state index < -0.39 is 0 Å². The molecule has 0 unspecified atom stereocenters. The summed E-state index contributed by atoms with van der Waals surface area (Å²) in [5.41, 5.74) is 0.986. The van der Waals surface area contributed by atoms with Crippen LogP contribution in [0, 0.1) is 0 Å². The normalized spacial score (nSPS) is 14.2. The predicted molar refractivity (Wildman–Crippen MR) is 145 cm³/mol. The lowest BCUT2D eigenvalue weighted by Gasteiger charge is -2.29. The van der Waals surface area contributed by atoms with E-state index in [1.54, 1.807) is 34.9 Å². The van der Waals surface area contributed by atoms with Gasteiger partial charge in [0.25, 0.3) is 0 Å². The number of thiazole rings is 1. The van der Waals surface area contributed by atoms with Crippen LogP contribution in [0.5, 0.6) is 0 Å². The van der Waals surface area contributed by atoms with Crippen molar-refractivity contribution in [3.63, 3.8) is 0 Å². The van der Waals surface area contributed by atoms with Crippen LogP contribution in [0.1, 0.15) is 6.42 Å². The number of aromatic nitrogens is 1. The maximum atomic E-state index is 13.3. The van der Waals surface area contributed by atoms with E-state index in [1.807, 2.05) is 29.2 Å². The van der Waals surface area contributed by atoms with Gasteiger partial charge >= 0.3 is 0 Å². The van der Waals surface area contributed by atoms with Gasteiger partial charge in [-0.3, -0.25) is 14.6 Å². The number of benzene rings is 2. The van der Waals surface area contributed by atoms with Gasteiger partial charge in [0.15, 0.2) is 5.13 Å². The first kappa shape index (κ1) is 26.6. The van der Waals surface area contributed by atoms with E-state index in [9.17, 15) is 4.79 Å². The van der Waals surface area contributed by atoms with E-state index in [0.29, 0.717) is 13.0 Å². The zero-order valence-corrected chi connectivity index (χ0v) is 22.4. The van der Waals surface area contributed by atoms with Crippen molar-refractivity contribution in [3.05, 3.63) is 47.5 Å². The molecule has 0 saturated carbocycles. The Kier molecular flexibility index (Phi) is 10.6. The van der Waals surface area contributed by atoms with Crippen LogP contribution in [0.4, 0.5) is 5.13 Å². The number of carbonyl (C=O) groups is 1. The van der Waals surface area contributed by atoms with Gasteiger partial charge in [-0.25, -0.2) is 4.98 Å². The molecule has 3 aromatic rings. The summed E-state index contributed by atoms with van der Waals surface area (Å²) in [5.74, 6) is 0.833. The molecule has 178 valence electrons. The Bertz CT molecular complexity index is 1040. The van der Waals surface area contributed by atoms with Crippen molar-refractivity contribution in [2.75, 3.05) is 56.3 Å². The van der Waals surface area contributed by atoms with Crippen LogP contribution in [0.2, 0.25) is 5.02 Å². The Labute approximate surface area is 218 Å². The minimum Gasteiger partial charge on any atom is -0.379 e. The van der Waals surface area contributed by atoms with Gasteiger partial charge in [-0.2, -0.15) is 0 Å². The van der Waals surface area contributed by atoms with Crippen LogP contribution >= 0.6 is 58.9 Å². The molecule has 2 heterocycles. The summed E-state index contributed by atoms with van der Waals surface area (Å²) in [6, 6.07) is 14.0. The number of anilines is 1. The molecule has 4 rings (SSSR count). The lowest BCUT2D eigenvalue weighted by Crippen LogP contribution is -2.43. The molecular weight excluding hydrogens is 517 g/mol. The molecule has 1 amide bonds. The number of fused-ring (bicyclic) bond motifs is 1. The Morgan fingerprint density at radius 1 is 1.21 bits per heavy atom. The topological polar surface area (TPSA) is 45.7 Å². The second-order valence-corrected chi connectivity index (χ2v) is 10.8. The first-order valence-corrected chi connectivity index (χ1v) is 14.0. The molecule has 5 nitrogen and oxygen atoms in total. The first-order valence-electron chi connectivity index (χ1n) is 10.6. The van der Waals surface area contributed by atoms with Crippen molar-refractivity contribution in [2.24, 2.45) is 0 Å². The minimum absolute atomic E-state index is 0. The molecule has 2 aromatic carbocycles. The standard InChI is InChI=1S/C23H26ClN3O2S3.ClH/c1-30-19-3-2-4-20-22(19)25-23(32-20)27(11-10-26-12-14-29-15-13-26)21(28)9-16-31-18-7-5-17(24)6-8-18;/h2-8H,9-16H2,1H3;1H. The second-order valence-electron chi connectivity index (χ2n) is 7.36. The van der Waals surface area contributed by atoms with Gasteiger partial charge in [-0.05, 0) is 42.7 Å². The van der Waals surface area contributed by atoms with Gasteiger partial charge < -0.3 is 4.74 Å². The molecule has 10 heteroatoms. The zero-order valence-electron chi connectivity index (χ0n) is 18.4. The molecule has 0 atom stereocenters. The summed E-state index contributed by atoms with van der Waals surface area (Å²) in [7, 11) is 0. The molecular formula is C23H27Cl2N3O2S3. The number of rotatable bonds is 9. The van der Waals surface area contributed by atoms with E-state index in [1.165, 1.54) is 0 Å². The quantitative estimate of drug-likeness (QED) is 0.311.